The van der Waals surface area contributed by atoms with E-state index in [0.29, 0.717) is 56.0 Å². The molecule has 4 rings (SSSR count). The number of carbonyl (C=O) groups is 1. The van der Waals surface area contributed by atoms with E-state index < -0.39 is 10.0 Å². The Morgan fingerprint density at radius 3 is 2.56 bits per heavy atom. The zero-order valence-electron chi connectivity index (χ0n) is 17.3. The normalized spacial score (nSPS) is 15.7. The van der Waals surface area contributed by atoms with Crippen LogP contribution < -0.4 is 5.32 Å². The molecule has 3 aromatic rings. The van der Waals surface area contributed by atoms with E-state index in [-0.39, 0.29) is 10.1 Å². The number of thiophene rings is 1. The molecule has 1 aliphatic heterocycles. The first kappa shape index (κ1) is 22.9. The van der Waals surface area contributed by atoms with E-state index in [0.717, 1.165) is 10.4 Å². The Labute approximate surface area is 195 Å². The summed E-state index contributed by atoms with van der Waals surface area (Å²) in [5, 5.41) is 7.33. The molecule has 0 unspecified atom stereocenters. The van der Waals surface area contributed by atoms with Crippen molar-refractivity contribution in [2.75, 3.05) is 26.2 Å². The average Bonchev–Trinajstić information content (AvgIpc) is 3.43. The second-order valence-electron chi connectivity index (χ2n) is 7.33. The zero-order chi connectivity index (χ0) is 22.7. The highest BCUT2D eigenvalue weighted by atomic mass is 35.5. The lowest BCUT2D eigenvalue weighted by molar-refractivity contribution is -0.119. The second-order valence-corrected chi connectivity index (χ2v) is 11.1. The van der Waals surface area contributed by atoms with E-state index >= 15 is 0 Å². The summed E-state index contributed by atoms with van der Waals surface area (Å²) >= 11 is 7.09. The quantitative estimate of drug-likeness (QED) is 0.536. The summed E-state index contributed by atoms with van der Waals surface area (Å²) in [7, 11) is -3.56. The number of piperazine rings is 1. The van der Waals surface area contributed by atoms with Crippen LogP contribution >= 0.6 is 22.9 Å². The van der Waals surface area contributed by atoms with E-state index in [2.05, 4.69) is 20.4 Å². The fraction of sp³-hybridized carbons (Fsp3) is 0.350. The number of hydrogen-bond donors (Lipinski definition) is 1. The van der Waals surface area contributed by atoms with Gasteiger partial charge in [-0.15, -0.1) is 11.3 Å². The molecular weight excluding hydrogens is 474 g/mol. The van der Waals surface area contributed by atoms with Crippen molar-refractivity contribution in [3.63, 3.8) is 0 Å². The fourth-order valence-electron chi connectivity index (χ4n) is 3.29. The van der Waals surface area contributed by atoms with E-state index in [4.69, 9.17) is 16.1 Å². The molecule has 1 fully saturated rings. The van der Waals surface area contributed by atoms with Crippen LogP contribution in [0.15, 0.2) is 45.1 Å². The van der Waals surface area contributed by atoms with Crippen molar-refractivity contribution in [3.8, 4) is 11.4 Å². The number of nitrogens with one attached hydrogen (secondary N) is 1. The molecule has 1 N–H and O–H groups in total. The summed E-state index contributed by atoms with van der Waals surface area (Å²) in [5.41, 5.74) is 0.814. The van der Waals surface area contributed by atoms with Crippen molar-refractivity contribution in [1.82, 2.24) is 24.7 Å². The first-order valence-electron chi connectivity index (χ1n) is 9.95. The molecule has 1 saturated heterocycles. The van der Waals surface area contributed by atoms with Gasteiger partial charge in [-0.2, -0.15) is 9.29 Å². The maximum absolute atomic E-state index is 13.0. The monoisotopic (exact) mass is 495 g/mol. The van der Waals surface area contributed by atoms with Crippen LogP contribution in [0.1, 0.15) is 17.7 Å². The van der Waals surface area contributed by atoms with Gasteiger partial charge in [-0.05, 0) is 36.4 Å². The van der Waals surface area contributed by atoms with Gasteiger partial charge in [-0.1, -0.05) is 16.8 Å². The Morgan fingerprint density at radius 2 is 1.88 bits per heavy atom. The molecule has 0 saturated carbocycles. The van der Waals surface area contributed by atoms with Crippen molar-refractivity contribution in [1.29, 1.82) is 0 Å². The number of amides is 1. The zero-order valence-corrected chi connectivity index (χ0v) is 19.7. The minimum absolute atomic E-state index is 0.152. The van der Waals surface area contributed by atoms with Crippen LogP contribution in [0.5, 0.6) is 0 Å². The molecular formula is C20H22ClN5O4S2. The molecule has 1 aliphatic rings. The largest absolute Gasteiger partial charge is 0.351 e. The number of sulfonamides is 1. The Hall–Kier alpha value is -2.31. The molecule has 1 aromatic carbocycles. The van der Waals surface area contributed by atoms with Gasteiger partial charge in [0.1, 0.15) is 4.21 Å². The fourth-order valence-corrected chi connectivity index (χ4v) is 6.28. The summed E-state index contributed by atoms with van der Waals surface area (Å²) in [6.07, 6.45) is 0. The number of aromatic nitrogens is 2. The number of carbonyl (C=O) groups excluding carboxylic acids is 1. The van der Waals surface area contributed by atoms with Gasteiger partial charge in [0, 0.05) is 48.6 Å². The topological polar surface area (TPSA) is 109 Å². The molecule has 32 heavy (non-hydrogen) atoms. The number of nitrogens with zero attached hydrogens (tertiary/aromatic N) is 4. The Balaban J connectivity index is 1.33. The van der Waals surface area contributed by atoms with Crippen LogP contribution in [0.4, 0.5) is 0 Å². The summed E-state index contributed by atoms with van der Waals surface area (Å²) < 4.78 is 33.1. The van der Waals surface area contributed by atoms with E-state index in [1.54, 1.807) is 24.3 Å². The van der Waals surface area contributed by atoms with Crippen molar-refractivity contribution in [3.05, 3.63) is 52.2 Å². The van der Waals surface area contributed by atoms with Gasteiger partial charge >= 0.3 is 0 Å². The molecule has 170 valence electrons. The lowest BCUT2D eigenvalue weighted by atomic mass is 10.2. The maximum Gasteiger partial charge on any atom is 0.252 e. The maximum atomic E-state index is 13.0. The predicted octanol–water partition coefficient (Wildman–Crippen LogP) is 2.59. The molecule has 0 radical (unpaired) electrons. The van der Waals surface area contributed by atoms with E-state index in [1.165, 1.54) is 22.6 Å². The smallest absolute Gasteiger partial charge is 0.252 e. The Morgan fingerprint density at radius 1 is 1.16 bits per heavy atom. The molecule has 0 bridgehead atoms. The standard InChI is InChI=1S/C20H22ClN5O4S2/c1-14(27)22-12-17-6-7-19(31-17)32(28,29)26-10-8-25(9-11-26)13-18-23-20(24-30-18)15-2-4-16(21)5-3-15/h2-7H,8-13H2,1H3,(H,22,27). The molecule has 2 aromatic heterocycles. The number of benzene rings is 1. The van der Waals surface area contributed by atoms with Crippen LogP contribution in [0, 0.1) is 0 Å². The van der Waals surface area contributed by atoms with Gasteiger partial charge in [-0.3, -0.25) is 9.69 Å². The molecule has 0 aliphatic carbocycles. The van der Waals surface area contributed by atoms with Gasteiger partial charge in [0.2, 0.25) is 17.6 Å². The highest BCUT2D eigenvalue weighted by Gasteiger charge is 2.30. The third-order valence-corrected chi connectivity index (χ3v) is 8.71. The number of halogens is 1. The van der Waals surface area contributed by atoms with Crippen LogP contribution in [0.2, 0.25) is 5.02 Å². The van der Waals surface area contributed by atoms with Crippen molar-refractivity contribution in [2.45, 2.75) is 24.2 Å². The van der Waals surface area contributed by atoms with Crippen LogP contribution in [0.3, 0.4) is 0 Å². The summed E-state index contributed by atoms with van der Waals surface area (Å²) in [6, 6.07) is 10.5. The van der Waals surface area contributed by atoms with E-state index in [1.807, 2.05) is 12.1 Å². The van der Waals surface area contributed by atoms with Gasteiger partial charge in [-0.25, -0.2) is 8.42 Å². The molecule has 9 nitrogen and oxygen atoms in total. The van der Waals surface area contributed by atoms with Gasteiger partial charge in [0.25, 0.3) is 10.0 Å². The summed E-state index contributed by atoms with van der Waals surface area (Å²) in [6.45, 7) is 4.07. The third-order valence-electron chi connectivity index (χ3n) is 5.00. The van der Waals surface area contributed by atoms with Gasteiger partial charge in [0.15, 0.2) is 0 Å². The second kappa shape index (κ2) is 9.67. The Kier molecular flexibility index (Phi) is 6.91. The van der Waals surface area contributed by atoms with Crippen molar-refractivity contribution in [2.24, 2.45) is 0 Å². The first-order chi connectivity index (χ1) is 15.3. The average molecular weight is 496 g/mol. The SMILES string of the molecule is CC(=O)NCc1ccc(S(=O)(=O)N2CCN(Cc3nc(-c4ccc(Cl)cc4)no3)CC2)s1. The van der Waals surface area contributed by atoms with Crippen molar-refractivity contribution >= 4 is 38.9 Å². The predicted molar refractivity (Wildman–Crippen MR) is 121 cm³/mol. The molecule has 0 atom stereocenters. The highest BCUT2D eigenvalue weighted by Crippen LogP contribution is 2.26. The minimum atomic E-state index is -3.56. The first-order valence-corrected chi connectivity index (χ1v) is 12.6. The molecule has 1 amide bonds. The van der Waals surface area contributed by atoms with Gasteiger partial charge < -0.3 is 9.84 Å². The molecule has 0 spiro atoms. The van der Waals surface area contributed by atoms with Crippen LogP contribution in [0.25, 0.3) is 11.4 Å². The van der Waals surface area contributed by atoms with Crippen LogP contribution in [-0.2, 0) is 27.9 Å². The van der Waals surface area contributed by atoms with Gasteiger partial charge in [0.05, 0.1) is 13.1 Å². The van der Waals surface area contributed by atoms with Crippen molar-refractivity contribution < 1.29 is 17.7 Å². The lowest BCUT2D eigenvalue weighted by Crippen LogP contribution is -2.48. The van der Waals surface area contributed by atoms with E-state index in [9.17, 15) is 13.2 Å². The molecule has 12 heteroatoms. The molecule has 3 heterocycles. The number of rotatable bonds is 7. The lowest BCUT2D eigenvalue weighted by Gasteiger charge is -2.32. The Bertz CT molecular complexity index is 1180. The highest BCUT2D eigenvalue weighted by molar-refractivity contribution is 7.91. The number of hydrogen-bond acceptors (Lipinski definition) is 8. The summed E-state index contributed by atoms with van der Waals surface area (Å²) in [4.78, 5) is 18.4. The minimum Gasteiger partial charge on any atom is -0.351 e. The third kappa shape index (κ3) is 5.36. The summed E-state index contributed by atoms with van der Waals surface area (Å²) in [5.74, 6) is 0.818. The van der Waals surface area contributed by atoms with Crippen LogP contribution in [-0.4, -0.2) is 59.8 Å².